The Bertz CT molecular complexity index is 513. The van der Waals surface area contributed by atoms with Crippen LogP contribution >= 0.6 is 11.3 Å². The molecule has 2 heterocycles. The van der Waals surface area contributed by atoms with E-state index >= 15 is 0 Å². The van der Waals surface area contributed by atoms with Crippen LogP contribution in [0.1, 0.15) is 23.4 Å². The third-order valence-electron chi connectivity index (χ3n) is 2.54. The minimum absolute atomic E-state index is 0.202. The molecule has 0 amide bonds. The van der Waals surface area contributed by atoms with Crippen LogP contribution in [0.25, 0.3) is 0 Å². The molecule has 2 rings (SSSR count). The SMILES string of the molecule is CCOc1cncc(C(N)c2cc(OC)cs2)c1. The minimum atomic E-state index is -0.202. The molecule has 2 aromatic rings. The van der Waals surface area contributed by atoms with Gasteiger partial charge in [0.15, 0.2) is 0 Å². The first-order valence-electron chi connectivity index (χ1n) is 5.70. The maximum absolute atomic E-state index is 6.21. The lowest BCUT2D eigenvalue weighted by molar-refractivity contribution is 0.338. The number of nitrogens with zero attached hydrogens (tertiary/aromatic N) is 1. The lowest BCUT2D eigenvalue weighted by Gasteiger charge is -2.11. The largest absolute Gasteiger partial charge is 0.496 e. The molecular weight excluding hydrogens is 248 g/mol. The number of hydrogen-bond donors (Lipinski definition) is 1. The fourth-order valence-electron chi connectivity index (χ4n) is 1.62. The Hall–Kier alpha value is -1.59. The molecule has 0 aliphatic heterocycles. The van der Waals surface area contributed by atoms with Crippen molar-refractivity contribution in [3.05, 3.63) is 40.3 Å². The molecule has 0 bridgehead atoms. The van der Waals surface area contributed by atoms with Crippen LogP contribution in [0.15, 0.2) is 29.9 Å². The first kappa shape index (κ1) is 12.9. The topological polar surface area (TPSA) is 57.4 Å². The molecule has 0 aliphatic rings. The molecule has 1 unspecified atom stereocenters. The predicted molar refractivity (Wildman–Crippen MR) is 72.3 cm³/mol. The monoisotopic (exact) mass is 264 g/mol. The third kappa shape index (κ3) is 2.80. The number of aromatic nitrogens is 1. The lowest BCUT2D eigenvalue weighted by atomic mass is 10.1. The number of ether oxygens (including phenoxy) is 2. The number of pyridine rings is 1. The number of methoxy groups -OCH3 is 1. The molecule has 0 fully saturated rings. The van der Waals surface area contributed by atoms with E-state index in [0.717, 1.165) is 21.9 Å². The Balaban J connectivity index is 2.21. The molecule has 0 saturated heterocycles. The fourth-order valence-corrected chi connectivity index (χ4v) is 2.50. The van der Waals surface area contributed by atoms with Crippen LogP contribution in [0.4, 0.5) is 0 Å². The van der Waals surface area contributed by atoms with Gasteiger partial charge in [-0.05, 0) is 24.6 Å². The summed E-state index contributed by atoms with van der Waals surface area (Å²) in [7, 11) is 1.65. The zero-order valence-electron chi connectivity index (χ0n) is 10.4. The average molecular weight is 264 g/mol. The summed E-state index contributed by atoms with van der Waals surface area (Å²) in [6.07, 6.45) is 3.45. The number of hydrogen-bond acceptors (Lipinski definition) is 5. The van der Waals surface area contributed by atoms with Gasteiger partial charge in [-0.3, -0.25) is 4.98 Å². The third-order valence-corrected chi connectivity index (χ3v) is 3.54. The molecule has 18 heavy (non-hydrogen) atoms. The smallest absolute Gasteiger partial charge is 0.137 e. The van der Waals surface area contributed by atoms with Crippen LogP contribution in [-0.2, 0) is 0 Å². The van der Waals surface area contributed by atoms with E-state index < -0.39 is 0 Å². The summed E-state index contributed by atoms with van der Waals surface area (Å²) in [5.41, 5.74) is 7.14. The Morgan fingerprint density at radius 1 is 1.33 bits per heavy atom. The highest BCUT2D eigenvalue weighted by molar-refractivity contribution is 7.10. The molecule has 2 N–H and O–H groups in total. The normalized spacial score (nSPS) is 12.2. The van der Waals surface area contributed by atoms with E-state index in [-0.39, 0.29) is 6.04 Å². The molecule has 4 nitrogen and oxygen atoms in total. The molecule has 1 atom stereocenters. The van der Waals surface area contributed by atoms with Gasteiger partial charge in [0.1, 0.15) is 11.5 Å². The van der Waals surface area contributed by atoms with Gasteiger partial charge in [0.2, 0.25) is 0 Å². The number of nitrogens with two attached hydrogens (primary N) is 1. The highest BCUT2D eigenvalue weighted by atomic mass is 32.1. The summed E-state index contributed by atoms with van der Waals surface area (Å²) in [6, 6.07) is 3.67. The van der Waals surface area contributed by atoms with Crippen LogP contribution in [-0.4, -0.2) is 18.7 Å². The Morgan fingerprint density at radius 2 is 2.17 bits per heavy atom. The first-order valence-corrected chi connectivity index (χ1v) is 6.58. The molecule has 2 aromatic heterocycles. The molecule has 0 spiro atoms. The summed E-state index contributed by atoms with van der Waals surface area (Å²) in [5, 5.41) is 1.94. The fraction of sp³-hybridized carbons (Fsp3) is 0.308. The lowest BCUT2D eigenvalue weighted by Crippen LogP contribution is -2.10. The summed E-state index contributed by atoms with van der Waals surface area (Å²) in [4.78, 5) is 5.19. The van der Waals surface area contributed by atoms with Crippen LogP contribution in [0.5, 0.6) is 11.5 Å². The summed E-state index contributed by atoms with van der Waals surface area (Å²) in [5.74, 6) is 1.58. The van der Waals surface area contributed by atoms with Crippen molar-refractivity contribution in [3.63, 3.8) is 0 Å². The Morgan fingerprint density at radius 3 is 2.83 bits per heavy atom. The molecule has 0 saturated carbocycles. The maximum Gasteiger partial charge on any atom is 0.137 e. The van der Waals surface area contributed by atoms with E-state index in [4.69, 9.17) is 15.2 Å². The molecule has 0 radical (unpaired) electrons. The van der Waals surface area contributed by atoms with E-state index in [2.05, 4.69) is 4.98 Å². The standard InChI is InChI=1S/C13H16N2O2S/c1-3-17-10-4-9(6-15-7-10)13(14)12-5-11(16-2)8-18-12/h4-8,13H,3,14H2,1-2H3. The van der Waals surface area contributed by atoms with Crippen molar-refractivity contribution in [2.24, 2.45) is 5.73 Å². The van der Waals surface area contributed by atoms with Crippen molar-refractivity contribution >= 4 is 11.3 Å². The first-order chi connectivity index (χ1) is 8.74. The van der Waals surface area contributed by atoms with Gasteiger partial charge in [-0.1, -0.05) is 0 Å². The van der Waals surface area contributed by atoms with Gasteiger partial charge in [0.25, 0.3) is 0 Å². The molecule has 0 aliphatic carbocycles. The van der Waals surface area contributed by atoms with Crippen LogP contribution in [0.3, 0.4) is 0 Å². The quantitative estimate of drug-likeness (QED) is 0.901. The van der Waals surface area contributed by atoms with Gasteiger partial charge in [-0.15, -0.1) is 11.3 Å². The zero-order valence-corrected chi connectivity index (χ0v) is 11.2. The molecule has 0 aromatic carbocycles. The number of rotatable bonds is 5. The van der Waals surface area contributed by atoms with Crippen molar-refractivity contribution < 1.29 is 9.47 Å². The number of thiophene rings is 1. The summed E-state index contributed by atoms with van der Waals surface area (Å²) < 4.78 is 10.6. The molecule has 5 heteroatoms. The van der Waals surface area contributed by atoms with Crippen LogP contribution in [0, 0.1) is 0 Å². The van der Waals surface area contributed by atoms with E-state index in [1.165, 1.54) is 0 Å². The second kappa shape index (κ2) is 5.84. The van der Waals surface area contributed by atoms with Crippen molar-refractivity contribution in [1.29, 1.82) is 0 Å². The van der Waals surface area contributed by atoms with E-state index in [9.17, 15) is 0 Å². The Kier molecular flexibility index (Phi) is 4.17. The van der Waals surface area contributed by atoms with Gasteiger partial charge in [-0.25, -0.2) is 0 Å². The van der Waals surface area contributed by atoms with Crippen molar-refractivity contribution in [2.75, 3.05) is 13.7 Å². The van der Waals surface area contributed by atoms with Gasteiger partial charge in [0.05, 0.1) is 26.0 Å². The van der Waals surface area contributed by atoms with E-state index in [1.54, 1.807) is 30.8 Å². The van der Waals surface area contributed by atoms with Gasteiger partial charge in [-0.2, -0.15) is 0 Å². The predicted octanol–water partition coefficient (Wildman–Crippen LogP) is 2.60. The van der Waals surface area contributed by atoms with E-state index in [1.807, 2.05) is 24.4 Å². The molecular formula is C13H16N2O2S. The van der Waals surface area contributed by atoms with Crippen LogP contribution < -0.4 is 15.2 Å². The summed E-state index contributed by atoms with van der Waals surface area (Å²) >= 11 is 1.58. The van der Waals surface area contributed by atoms with Gasteiger partial charge < -0.3 is 15.2 Å². The van der Waals surface area contributed by atoms with Crippen LogP contribution in [0.2, 0.25) is 0 Å². The van der Waals surface area contributed by atoms with Gasteiger partial charge in [0, 0.05) is 16.5 Å². The highest BCUT2D eigenvalue weighted by Gasteiger charge is 2.13. The minimum Gasteiger partial charge on any atom is -0.496 e. The van der Waals surface area contributed by atoms with Crippen molar-refractivity contribution in [1.82, 2.24) is 4.98 Å². The average Bonchev–Trinajstić information content (AvgIpc) is 2.87. The van der Waals surface area contributed by atoms with Crippen molar-refractivity contribution in [3.8, 4) is 11.5 Å². The Labute approximate surface area is 110 Å². The summed E-state index contributed by atoms with van der Waals surface area (Å²) in [6.45, 7) is 2.56. The molecule has 96 valence electrons. The second-order valence-electron chi connectivity index (χ2n) is 3.75. The zero-order chi connectivity index (χ0) is 13.0. The van der Waals surface area contributed by atoms with Crippen molar-refractivity contribution in [2.45, 2.75) is 13.0 Å². The maximum atomic E-state index is 6.21. The second-order valence-corrected chi connectivity index (χ2v) is 4.70. The van der Waals surface area contributed by atoms with Gasteiger partial charge >= 0.3 is 0 Å². The van der Waals surface area contributed by atoms with E-state index in [0.29, 0.717) is 6.61 Å². The highest BCUT2D eigenvalue weighted by Crippen LogP contribution is 2.30.